The summed E-state index contributed by atoms with van der Waals surface area (Å²) in [6, 6.07) is 29.5. The van der Waals surface area contributed by atoms with Crippen molar-refractivity contribution < 1.29 is 19.0 Å². The molecule has 0 bridgehead atoms. The Morgan fingerprint density at radius 2 is 1.39 bits per heavy atom. The van der Waals surface area contributed by atoms with Crippen LogP contribution >= 0.6 is 0 Å². The van der Waals surface area contributed by atoms with Gasteiger partial charge in [-0.3, -0.25) is 0 Å². The summed E-state index contributed by atoms with van der Waals surface area (Å²) >= 11 is 0. The number of hydrogen-bond donors (Lipinski definition) is 0. The molecule has 0 radical (unpaired) electrons. The Morgan fingerprint density at radius 3 is 2.03 bits per heavy atom. The largest absolute Gasteiger partial charge is 0.489 e. The summed E-state index contributed by atoms with van der Waals surface area (Å²) < 4.78 is 19.0. The van der Waals surface area contributed by atoms with Gasteiger partial charge in [0.1, 0.15) is 23.9 Å². The average molecular weight is 478 g/mol. The molecular formula is C31H27NO4. The summed E-state index contributed by atoms with van der Waals surface area (Å²) in [5.74, 6) is 1.71. The maximum atomic E-state index is 13.7. The molecule has 0 fully saturated rings. The van der Waals surface area contributed by atoms with Crippen molar-refractivity contribution in [2.45, 2.75) is 26.1 Å². The minimum absolute atomic E-state index is 0.340. The van der Waals surface area contributed by atoms with Crippen LogP contribution in [0.4, 0.5) is 5.69 Å². The number of esters is 1. The smallest absolute Gasteiger partial charge is 0.342 e. The Labute approximate surface area is 210 Å². The fourth-order valence-electron chi connectivity index (χ4n) is 5.33. The van der Waals surface area contributed by atoms with Crippen LogP contribution in [0.2, 0.25) is 0 Å². The Kier molecular flexibility index (Phi) is 5.41. The topological polar surface area (TPSA) is 48.0 Å². The molecule has 5 heteroatoms. The van der Waals surface area contributed by atoms with Gasteiger partial charge in [-0.15, -0.1) is 0 Å². The molecule has 0 unspecified atom stereocenters. The Morgan fingerprint density at radius 1 is 0.778 bits per heavy atom. The summed E-state index contributed by atoms with van der Waals surface area (Å²) in [5.41, 5.74) is 3.75. The SMILES string of the molecule is CCN(CC)c1cc(OCc2ccccc2)cc2c1C(=O)OC21c2ccccc2Oc2ccccc21. The lowest BCUT2D eigenvalue weighted by Gasteiger charge is -2.36. The Balaban J connectivity index is 1.59. The van der Waals surface area contributed by atoms with Gasteiger partial charge in [0.15, 0.2) is 5.60 Å². The number of ether oxygens (including phenoxy) is 3. The van der Waals surface area contributed by atoms with Crippen molar-refractivity contribution in [1.29, 1.82) is 0 Å². The van der Waals surface area contributed by atoms with Gasteiger partial charge < -0.3 is 19.1 Å². The molecule has 2 heterocycles. The van der Waals surface area contributed by atoms with E-state index < -0.39 is 5.60 Å². The van der Waals surface area contributed by atoms with Gasteiger partial charge in [-0.25, -0.2) is 4.79 Å². The third-order valence-electron chi connectivity index (χ3n) is 7.03. The number of anilines is 1. The lowest BCUT2D eigenvalue weighted by atomic mass is 9.77. The van der Waals surface area contributed by atoms with Crippen molar-refractivity contribution in [3.8, 4) is 17.2 Å². The van der Waals surface area contributed by atoms with Crippen LogP contribution in [0.5, 0.6) is 17.2 Å². The van der Waals surface area contributed by atoms with Crippen LogP contribution in [-0.4, -0.2) is 19.1 Å². The van der Waals surface area contributed by atoms with E-state index in [1.165, 1.54) is 0 Å². The van der Waals surface area contributed by atoms with Gasteiger partial charge in [0.25, 0.3) is 0 Å². The number of hydrogen-bond acceptors (Lipinski definition) is 5. The van der Waals surface area contributed by atoms with E-state index in [9.17, 15) is 4.79 Å². The number of carbonyl (C=O) groups is 1. The van der Waals surface area contributed by atoms with Gasteiger partial charge >= 0.3 is 5.97 Å². The first kappa shape index (κ1) is 22.2. The first-order valence-electron chi connectivity index (χ1n) is 12.4. The van der Waals surface area contributed by atoms with Gasteiger partial charge in [0.05, 0.1) is 11.3 Å². The van der Waals surface area contributed by atoms with Gasteiger partial charge in [-0.1, -0.05) is 66.7 Å². The zero-order valence-electron chi connectivity index (χ0n) is 20.4. The third kappa shape index (κ3) is 3.34. The minimum Gasteiger partial charge on any atom is -0.489 e. The highest BCUT2D eigenvalue weighted by molar-refractivity contribution is 6.03. The van der Waals surface area contributed by atoms with Crippen LogP contribution < -0.4 is 14.4 Å². The van der Waals surface area contributed by atoms with E-state index in [0.717, 1.165) is 41.0 Å². The maximum absolute atomic E-state index is 13.7. The molecule has 1 spiro atoms. The number of para-hydroxylation sites is 2. The van der Waals surface area contributed by atoms with Crippen LogP contribution in [0.15, 0.2) is 91.0 Å². The number of carbonyl (C=O) groups excluding carboxylic acids is 1. The van der Waals surface area contributed by atoms with E-state index in [-0.39, 0.29) is 5.97 Å². The Bertz CT molecular complexity index is 1400. The summed E-state index contributed by atoms with van der Waals surface area (Å²) in [7, 11) is 0. The number of nitrogens with zero attached hydrogens (tertiary/aromatic N) is 1. The summed E-state index contributed by atoms with van der Waals surface area (Å²) in [6.07, 6.45) is 0. The fraction of sp³-hybridized carbons (Fsp3) is 0.194. The summed E-state index contributed by atoms with van der Waals surface area (Å²) in [5, 5.41) is 0. The molecule has 4 aromatic rings. The van der Waals surface area contributed by atoms with E-state index in [2.05, 4.69) is 18.7 Å². The van der Waals surface area contributed by atoms with E-state index in [0.29, 0.717) is 29.4 Å². The van der Waals surface area contributed by atoms with Crippen molar-refractivity contribution >= 4 is 11.7 Å². The van der Waals surface area contributed by atoms with Crippen LogP contribution in [0.3, 0.4) is 0 Å². The number of fused-ring (bicyclic) bond motifs is 6. The zero-order valence-corrected chi connectivity index (χ0v) is 20.4. The lowest BCUT2D eigenvalue weighted by molar-refractivity contribution is 0.0224. The second-order valence-electron chi connectivity index (χ2n) is 8.98. The second-order valence-corrected chi connectivity index (χ2v) is 8.98. The quantitative estimate of drug-likeness (QED) is 0.290. The van der Waals surface area contributed by atoms with Gasteiger partial charge in [0, 0.05) is 35.8 Å². The number of rotatable bonds is 6. The average Bonchev–Trinajstić information content (AvgIpc) is 3.21. The molecule has 0 aromatic heterocycles. The summed E-state index contributed by atoms with van der Waals surface area (Å²) in [4.78, 5) is 15.8. The third-order valence-corrected chi connectivity index (χ3v) is 7.03. The minimum atomic E-state index is -1.12. The predicted octanol–water partition coefficient (Wildman–Crippen LogP) is 6.68. The van der Waals surface area contributed by atoms with Crippen molar-refractivity contribution in [2.24, 2.45) is 0 Å². The lowest BCUT2D eigenvalue weighted by Crippen LogP contribution is -2.33. The molecule has 6 rings (SSSR count). The van der Waals surface area contributed by atoms with Crippen molar-refractivity contribution in [3.63, 3.8) is 0 Å². The maximum Gasteiger partial charge on any atom is 0.342 e. The molecule has 36 heavy (non-hydrogen) atoms. The first-order chi connectivity index (χ1) is 17.7. The van der Waals surface area contributed by atoms with E-state index >= 15 is 0 Å². The predicted molar refractivity (Wildman–Crippen MR) is 139 cm³/mol. The van der Waals surface area contributed by atoms with Crippen LogP contribution in [-0.2, 0) is 16.9 Å². The van der Waals surface area contributed by atoms with Crippen molar-refractivity contribution in [3.05, 3.63) is 119 Å². The molecule has 2 aliphatic rings. The van der Waals surface area contributed by atoms with E-state index in [1.54, 1.807) is 0 Å². The molecule has 5 nitrogen and oxygen atoms in total. The van der Waals surface area contributed by atoms with Crippen LogP contribution in [0.1, 0.15) is 46.5 Å². The molecule has 0 aliphatic carbocycles. The molecule has 0 amide bonds. The van der Waals surface area contributed by atoms with Crippen LogP contribution in [0, 0.1) is 0 Å². The standard InChI is InChI=1S/C31H27NO4/c1-3-32(4-2)26-19-22(34-20-21-12-6-5-7-13-21)18-25-29(26)30(33)36-31(25)23-14-8-10-16-27(23)35-28-17-11-9-15-24(28)31/h5-19H,3-4,20H2,1-2H3. The van der Waals surface area contributed by atoms with E-state index in [1.807, 2.05) is 91.0 Å². The normalized spacial score (nSPS) is 14.3. The molecule has 4 aromatic carbocycles. The molecule has 0 N–H and O–H groups in total. The highest BCUT2D eigenvalue weighted by Gasteiger charge is 2.54. The fourth-order valence-corrected chi connectivity index (χ4v) is 5.33. The van der Waals surface area contributed by atoms with Crippen molar-refractivity contribution in [2.75, 3.05) is 18.0 Å². The Hall–Kier alpha value is -4.25. The van der Waals surface area contributed by atoms with E-state index in [4.69, 9.17) is 14.2 Å². The molecular weight excluding hydrogens is 450 g/mol. The molecule has 0 saturated heterocycles. The van der Waals surface area contributed by atoms with Crippen molar-refractivity contribution in [1.82, 2.24) is 0 Å². The molecule has 0 saturated carbocycles. The molecule has 180 valence electrons. The molecule has 0 atom stereocenters. The van der Waals surface area contributed by atoms with Gasteiger partial charge in [0.2, 0.25) is 0 Å². The highest BCUT2D eigenvalue weighted by Crippen LogP contribution is 2.57. The second kappa shape index (κ2) is 8.76. The monoisotopic (exact) mass is 477 g/mol. The highest BCUT2D eigenvalue weighted by atomic mass is 16.6. The molecule has 2 aliphatic heterocycles. The number of benzene rings is 4. The van der Waals surface area contributed by atoms with Gasteiger partial charge in [-0.2, -0.15) is 0 Å². The zero-order chi connectivity index (χ0) is 24.7. The first-order valence-corrected chi connectivity index (χ1v) is 12.4. The van der Waals surface area contributed by atoms with Crippen LogP contribution in [0.25, 0.3) is 0 Å². The summed E-state index contributed by atoms with van der Waals surface area (Å²) in [6.45, 7) is 6.10. The van der Waals surface area contributed by atoms with Gasteiger partial charge in [-0.05, 0) is 37.6 Å².